The molecular formula is C19H26N4OS2. The van der Waals surface area contributed by atoms with E-state index in [9.17, 15) is 4.79 Å². The van der Waals surface area contributed by atoms with Crippen molar-refractivity contribution in [3.8, 4) is 0 Å². The van der Waals surface area contributed by atoms with Crippen LogP contribution in [0.25, 0.3) is 0 Å². The maximum atomic E-state index is 12.9. The summed E-state index contributed by atoms with van der Waals surface area (Å²) in [7, 11) is 0. The van der Waals surface area contributed by atoms with E-state index in [1.54, 1.807) is 0 Å². The van der Waals surface area contributed by atoms with Gasteiger partial charge in [0.15, 0.2) is 4.34 Å². The molecule has 1 saturated carbocycles. The predicted molar refractivity (Wildman–Crippen MR) is 109 cm³/mol. The number of carbonyl (C=O) groups is 1. The van der Waals surface area contributed by atoms with Crippen molar-refractivity contribution in [3.63, 3.8) is 0 Å². The number of amides is 1. The van der Waals surface area contributed by atoms with Gasteiger partial charge in [-0.05, 0) is 37.7 Å². The average molecular weight is 391 g/mol. The van der Waals surface area contributed by atoms with Gasteiger partial charge in [-0.3, -0.25) is 4.79 Å². The minimum atomic E-state index is 0.177. The standard InChI is InChI=1S/C19H26N4OS2/c1-3-11-20-18-21-22-19(26-18)25-13-17(24)23(14(2)16-9-10-16)12-15-7-5-4-6-8-15/h4-8,14,16H,3,9-13H2,1-2H3,(H,20,21). The van der Waals surface area contributed by atoms with Crippen molar-refractivity contribution >= 4 is 34.1 Å². The van der Waals surface area contributed by atoms with Gasteiger partial charge in [0.1, 0.15) is 0 Å². The molecule has 7 heteroatoms. The first-order valence-electron chi connectivity index (χ1n) is 9.21. The number of rotatable bonds is 10. The lowest BCUT2D eigenvalue weighted by Gasteiger charge is -2.29. The van der Waals surface area contributed by atoms with Crippen LogP contribution in [0.1, 0.15) is 38.7 Å². The molecule has 1 atom stereocenters. The van der Waals surface area contributed by atoms with E-state index in [0.717, 1.165) is 22.4 Å². The highest BCUT2D eigenvalue weighted by Gasteiger charge is 2.34. The number of hydrogen-bond acceptors (Lipinski definition) is 6. The summed E-state index contributed by atoms with van der Waals surface area (Å²) in [6.45, 7) is 5.87. The third-order valence-corrected chi connectivity index (χ3v) is 6.56. The van der Waals surface area contributed by atoms with Crippen molar-refractivity contribution < 1.29 is 4.79 Å². The summed E-state index contributed by atoms with van der Waals surface area (Å²) in [5.41, 5.74) is 1.18. The monoisotopic (exact) mass is 390 g/mol. The highest BCUT2D eigenvalue weighted by Crippen LogP contribution is 2.36. The molecule has 2 aromatic rings. The third-order valence-electron chi connectivity index (χ3n) is 4.56. The van der Waals surface area contributed by atoms with Gasteiger partial charge in [-0.25, -0.2) is 0 Å². The van der Waals surface area contributed by atoms with Gasteiger partial charge in [0.25, 0.3) is 0 Å². The van der Waals surface area contributed by atoms with E-state index in [2.05, 4.69) is 41.5 Å². The van der Waals surface area contributed by atoms with E-state index in [1.165, 1.54) is 41.5 Å². The minimum absolute atomic E-state index is 0.177. The molecule has 1 heterocycles. The van der Waals surface area contributed by atoms with Gasteiger partial charge in [0.05, 0.1) is 5.75 Å². The fourth-order valence-electron chi connectivity index (χ4n) is 2.85. The van der Waals surface area contributed by atoms with Gasteiger partial charge in [-0.2, -0.15) is 0 Å². The van der Waals surface area contributed by atoms with E-state index < -0.39 is 0 Å². The van der Waals surface area contributed by atoms with Crippen LogP contribution in [-0.4, -0.2) is 39.3 Å². The first-order valence-corrected chi connectivity index (χ1v) is 11.0. The van der Waals surface area contributed by atoms with Crippen molar-refractivity contribution in [1.29, 1.82) is 0 Å². The first-order chi connectivity index (χ1) is 12.7. The number of aromatic nitrogens is 2. The molecule has 1 aliphatic rings. The zero-order chi connectivity index (χ0) is 18.4. The number of anilines is 1. The number of carbonyl (C=O) groups excluding carboxylic acids is 1. The van der Waals surface area contributed by atoms with Crippen LogP contribution in [0.4, 0.5) is 5.13 Å². The molecule has 1 amide bonds. The van der Waals surface area contributed by atoms with Crippen LogP contribution >= 0.6 is 23.1 Å². The van der Waals surface area contributed by atoms with Crippen molar-refractivity contribution in [3.05, 3.63) is 35.9 Å². The SMILES string of the molecule is CCCNc1nnc(SCC(=O)N(Cc2ccccc2)C(C)C2CC2)s1. The lowest BCUT2D eigenvalue weighted by atomic mass is 10.1. The van der Waals surface area contributed by atoms with Gasteiger partial charge >= 0.3 is 0 Å². The van der Waals surface area contributed by atoms with E-state index in [0.29, 0.717) is 24.3 Å². The Morgan fingerprint density at radius 1 is 1.35 bits per heavy atom. The molecule has 1 aromatic heterocycles. The van der Waals surface area contributed by atoms with Crippen LogP contribution in [0, 0.1) is 5.92 Å². The molecule has 1 unspecified atom stereocenters. The Bertz CT molecular complexity index is 703. The van der Waals surface area contributed by atoms with Gasteiger partial charge in [0, 0.05) is 19.1 Å². The maximum absolute atomic E-state index is 12.9. The lowest BCUT2D eigenvalue weighted by molar-refractivity contribution is -0.131. The minimum Gasteiger partial charge on any atom is -0.360 e. The molecule has 5 nitrogen and oxygen atoms in total. The van der Waals surface area contributed by atoms with Crippen LogP contribution in [0.5, 0.6) is 0 Å². The smallest absolute Gasteiger partial charge is 0.233 e. The van der Waals surface area contributed by atoms with Crippen LogP contribution in [0.2, 0.25) is 0 Å². The zero-order valence-electron chi connectivity index (χ0n) is 15.4. The molecule has 1 aliphatic carbocycles. The quantitative estimate of drug-likeness (QED) is 0.614. The molecule has 0 radical (unpaired) electrons. The first kappa shape index (κ1) is 19.2. The van der Waals surface area contributed by atoms with Gasteiger partial charge in [0.2, 0.25) is 11.0 Å². The highest BCUT2D eigenvalue weighted by atomic mass is 32.2. The fourth-order valence-corrected chi connectivity index (χ4v) is 4.51. The van der Waals surface area contributed by atoms with Crippen molar-refractivity contribution in [2.45, 2.75) is 50.0 Å². The summed E-state index contributed by atoms with van der Waals surface area (Å²) in [6.07, 6.45) is 3.51. The summed E-state index contributed by atoms with van der Waals surface area (Å²) < 4.78 is 0.843. The van der Waals surface area contributed by atoms with Gasteiger partial charge < -0.3 is 10.2 Å². The van der Waals surface area contributed by atoms with Gasteiger partial charge in [-0.15, -0.1) is 10.2 Å². The van der Waals surface area contributed by atoms with Gasteiger partial charge in [-0.1, -0.05) is 60.4 Å². The normalized spacial score (nSPS) is 14.8. The summed E-state index contributed by atoms with van der Waals surface area (Å²) in [4.78, 5) is 15.0. The molecule has 140 valence electrons. The van der Waals surface area contributed by atoms with Crippen LogP contribution in [-0.2, 0) is 11.3 Å². The molecule has 3 rings (SSSR count). The Morgan fingerprint density at radius 2 is 2.12 bits per heavy atom. The van der Waals surface area contributed by atoms with E-state index in [4.69, 9.17) is 0 Å². The second-order valence-corrected chi connectivity index (χ2v) is 8.87. The van der Waals surface area contributed by atoms with Crippen LogP contribution in [0.15, 0.2) is 34.7 Å². The number of benzene rings is 1. The molecule has 0 saturated heterocycles. The average Bonchev–Trinajstić information content (AvgIpc) is 3.42. The summed E-state index contributed by atoms with van der Waals surface area (Å²) in [6, 6.07) is 10.5. The molecular weight excluding hydrogens is 364 g/mol. The number of hydrogen-bond donors (Lipinski definition) is 1. The maximum Gasteiger partial charge on any atom is 0.233 e. The van der Waals surface area contributed by atoms with Crippen molar-refractivity contribution in [2.75, 3.05) is 17.6 Å². The van der Waals surface area contributed by atoms with E-state index in [1.807, 2.05) is 23.1 Å². The Hall–Kier alpha value is -1.60. The largest absolute Gasteiger partial charge is 0.360 e. The molecule has 26 heavy (non-hydrogen) atoms. The Kier molecular flexibility index (Phi) is 6.91. The summed E-state index contributed by atoms with van der Waals surface area (Å²) >= 11 is 3.00. The second-order valence-electron chi connectivity index (χ2n) is 6.67. The molecule has 1 aromatic carbocycles. The topological polar surface area (TPSA) is 58.1 Å². The third kappa shape index (κ3) is 5.45. The fraction of sp³-hybridized carbons (Fsp3) is 0.526. The number of thioether (sulfide) groups is 1. The molecule has 0 bridgehead atoms. The van der Waals surface area contributed by atoms with Crippen LogP contribution in [0.3, 0.4) is 0 Å². The highest BCUT2D eigenvalue weighted by molar-refractivity contribution is 8.01. The summed E-state index contributed by atoms with van der Waals surface area (Å²) in [5.74, 6) is 1.24. The van der Waals surface area contributed by atoms with E-state index >= 15 is 0 Å². The molecule has 0 aliphatic heterocycles. The predicted octanol–water partition coefficient (Wildman–Crippen LogP) is 4.28. The zero-order valence-corrected chi connectivity index (χ0v) is 17.0. The van der Waals surface area contributed by atoms with E-state index in [-0.39, 0.29) is 5.91 Å². The van der Waals surface area contributed by atoms with Crippen molar-refractivity contribution in [1.82, 2.24) is 15.1 Å². The van der Waals surface area contributed by atoms with Crippen molar-refractivity contribution in [2.24, 2.45) is 5.92 Å². The Balaban J connectivity index is 1.59. The molecule has 0 spiro atoms. The molecule has 1 N–H and O–H groups in total. The lowest BCUT2D eigenvalue weighted by Crippen LogP contribution is -2.40. The second kappa shape index (κ2) is 9.37. The van der Waals surface area contributed by atoms with Crippen LogP contribution < -0.4 is 5.32 Å². The number of nitrogens with zero attached hydrogens (tertiary/aromatic N) is 3. The molecule has 1 fully saturated rings. The Labute approximate surface area is 163 Å². The number of nitrogens with one attached hydrogen (secondary N) is 1. The summed E-state index contributed by atoms with van der Waals surface area (Å²) in [5, 5.41) is 12.4. The Morgan fingerprint density at radius 3 is 2.81 bits per heavy atom.